The van der Waals surface area contributed by atoms with Gasteiger partial charge in [0, 0.05) is 5.56 Å². The van der Waals surface area contributed by atoms with E-state index in [0.717, 1.165) is 11.3 Å². The molecule has 4 atom stereocenters. The van der Waals surface area contributed by atoms with Crippen molar-refractivity contribution in [2.45, 2.75) is 37.4 Å². The number of fused-ring (bicyclic) bond motifs is 1. The Morgan fingerprint density at radius 3 is 2.62 bits per heavy atom. The topological polar surface area (TPSA) is 80.3 Å². The van der Waals surface area contributed by atoms with Gasteiger partial charge < -0.3 is 23.7 Å². The molecule has 2 heterocycles. The van der Waals surface area contributed by atoms with Crippen LogP contribution in [0.2, 0.25) is 0 Å². The first kappa shape index (κ1) is 18.6. The second-order valence-electron chi connectivity index (χ2n) is 6.10. The summed E-state index contributed by atoms with van der Waals surface area (Å²) in [5.41, 5.74) is 0.873. The molecule has 0 saturated carbocycles. The fourth-order valence-corrected chi connectivity index (χ4v) is 2.93. The predicted octanol–water partition coefficient (Wildman–Crippen LogP) is 1.96. The fourth-order valence-electron chi connectivity index (χ4n) is 2.93. The monoisotopic (exact) mass is 362 g/mol. The summed E-state index contributed by atoms with van der Waals surface area (Å²) in [5.74, 6) is -0.00224. The van der Waals surface area contributed by atoms with Crippen LogP contribution in [-0.2, 0) is 28.5 Å². The number of rotatable bonds is 4. The lowest BCUT2D eigenvalue weighted by molar-refractivity contribution is -0.270. The van der Waals surface area contributed by atoms with E-state index < -0.39 is 24.5 Å². The molecule has 1 fully saturated rings. The van der Waals surface area contributed by atoms with Crippen LogP contribution in [0.4, 0.5) is 0 Å². The molecule has 0 aliphatic carbocycles. The number of carbonyl (C=O) groups excluding carboxylic acids is 2. The molecule has 0 N–H and O–H groups in total. The van der Waals surface area contributed by atoms with Gasteiger partial charge in [-0.3, -0.25) is 9.59 Å². The Bertz CT molecular complexity index is 667. The number of ether oxygens (including phenoxy) is 5. The maximum absolute atomic E-state index is 12.1. The van der Waals surface area contributed by atoms with Crippen molar-refractivity contribution in [1.82, 2.24) is 0 Å². The minimum atomic E-state index is -0.892. The number of hydrogen-bond acceptors (Lipinski definition) is 7. The Labute approximate surface area is 151 Å². The van der Waals surface area contributed by atoms with Crippen molar-refractivity contribution < 1.29 is 33.3 Å². The Balaban J connectivity index is 1.69. The predicted molar refractivity (Wildman–Crippen MR) is 90.6 cm³/mol. The number of esters is 1. The maximum Gasteiger partial charge on any atom is 0.308 e. The highest BCUT2D eigenvalue weighted by atomic mass is 16.7. The van der Waals surface area contributed by atoms with Crippen LogP contribution in [-0.4, -0.2) is 50.9 Å². The molecule has 2 aliphatic heterocycles. The SMILES string of the molecule is COC(=O)C[C@@H]1O[C@@H]2CO[C@@H](c3ccc(OC)cc3)O[C@H]2C/C=C\C1=O. The van der Waals surface area contributed by atoms with Crippen molar-refractivity contribution in [3.8, 4) is 5.75 Å². The van der Waals surface area contributed by atoms with E-state index in [4.69, 9.17) is 18.9 Å². The van der Waals surface area contributed by atoms with Gasteiger partial charge in [0.05, 0.1) is 33.4 Å². The van der Waals surface area contributed by atoms with Crippen LogP contribution in [0.5, 0.6) is 5.75 Å². The van der Waals surface area contributed by atoms with E-state index in [-0.39, 0.29) is 24.9 Å². The zero-order valence-electron chi connectivity index (χ0n) is 14.8. The highest BCUT2D eigenvalue weighted by Crippen LogP contribution is 2.31. The van der Waals surface area contributed by atoms with Crippen LogP contribution >= 0.6 is 0 Å². The standard InChI is InChI=1S/C19H22O7/c1-22-13-8-6-12(7-9-13)19-24-11-17-15(26-19)5-3-4-14(20)16(25-17)10-18(21)23-2/h3-4,6-9,15-17,19H,5,10-11H2,1-2H3/b4-3-/t15-,16-,17+,19+/m0/s1. The van der Waals surface area contributed by atoms with Crippen LogP contribution in [0.1, 0.15) is 24.7 Å². The van der Waals surface area contributed by atoms with Crippen LogP contribution in [0.25, 0.3) is 0 Å². The molecule has 140 valence electrons. The zero-order chi connectivity index (χ0) is 18.5. The van der Waals surface area contributed by atoms with Gasteiger partial charge in [-0.25, -0.2) is 0 Å². The second-order valence-corrected chi connectivity index (χ2v) is 6.10. The van der Waals surface area contributed by atoms with Gasteiger partial charge in [-0.2, -0.15) is 0 Å². The Hall–Kier alpha value is -2.22. The second kappa shape index (κ2) is 8.44. The van der Waals surface area contributed by atoms with E-state index in [0.29, 0.717) is 6.42 Å². The van der Waals surface area contributed by atoms with Crippen LogP contribution in [0, 0.1) is 0 Å². The third kappa shape index (κ3) is 4.30. The Morgan fingerprint density at radius 2 is 1.92 bits per heavy atom. The summed E-state index contributed by atoms with van der Waals surface area (Å²) in [6, 6.07) is 7.45. The van der Waals surface area contributed by atoms with E-state index in [9.17, 15) is 9.59 Å². The average Bonchev–Trinajstić information content (AvgIpc) is 2.67. The van der Waals surface area contributed by atoms with Crippen molar-refractivity contribution in [2.24, 2.45) is 0 Å². The minimum Gasteiger partial charge on any atom is -0.497 e. The van der Waals surface area contributed by atoms with Crippen molar-refractivity contribution in [1.29, 1.82) is 0 Å². The number of hydrogen-bond donors (Lipinski definition) is 0. The lowest BCUT2D eigenvalue weighted by Gasteiger charge is -2.38. The summed E-state index contributed by atoms with van der Waals surface area (Å²) in [5, 5.41) is 0. The first-order chi connectivity index (χ1) is 12.6. The molecule has 0 radical (unpaired) electrons. The lowest BCUT2D eigenvalue weighted by atomic mass is 10.0. The molecule has 3 rings (SSSR count). The summed E-state index contributed by atoms with van der Waals surface area (Å²) >= 11 is 0. The van der Waals surface area contributed by atoms with E-state index >= 15 is 0 Å². The molecule has 7 nitrogen and oxygen atoms in total. The largest absolute Gasteiger partial charge is 0.497 e. The molecule has 0 amide bonds. The molecule has 0 bridgehead atoms. The van der Waals surface area contributed by atoms with Crippen molar-refractivity contribution >= 4 is 11.8 Å². The summed E-state index contributed by atoms with van der Waals surface area (Å²) in [4.78, 5) is 23.6. The maximum atomic E-state index is 12.1. The average molecular weight is 362 g/mol. The number of methoxy groups -OCH3 is 2. The molecule has 26 heavy (non-hydrogen) atoms. The summed E-state index contributed by atoms with van der Waals surface area (Å²) in [6.07, 6.45) is 1.45. The van der Waals surface area contributed by atoms with E-state index in [1.165, 1.54) is 13.2 Å². The molecule has 1 aromatic rings. The smallest absolute Gasteiger partial charge is 0.308 e. The van der Waals surface area contributed by atoms with Crippen LogP contribution in [0.15, 0.2) is 36.4 Å². The molecular formula is C19H22O7. The third-order valence-electron chi connectivity index (χ3n) is 4.40. The van der Waals surface area contributed by atoms with Gasteiger partial charge >= 0.3 is 5.97 Å². The number of carbonyl (C=O) groups is 2. The number of benzene rings is 1. The Morgan fingerprint density at radius 1 is 1.15 bits per heavy atom. The lowest BCUT2D eigenvalue weighted by Crippen LogP contribution is -2.46. The normalized spacial score (nSPS) is 29.8. The van der Waals surface area contributed by atoms with Crippen molar-refractivity contribution in [3.63, 3.8) is 0 Å². The minimum absolute atomic E-state index is 0.134. The van der Waals surface area contributed by atoms with Gasteiger partial charge in [0.1, 0.15) is 18.0 Å². The highest BCUT2D eigenvalue weighted by molar-refractivity contribution is 5.96. The molecule has 1 aromatic carbocycles. The molecule has 1 saturated heterocycles. The third-order valence-corrected chi connectivity index (χ3v) is 4.40. The van der Waals surface area contributed by atoms with Gasteiger partial charge in [0.15, 0.2) is 12.1 Å². The molecular weight excluding hydrogens is 340 g/mol. The summed E-state index contributed by atoms with van der Waals surface area (Å²) in [7, 11) is 2.89. The van der Waals surface area contributed by atoms with Crippen molar-refractivity contribution in [3.05, 3.63) is 42.0 Å². The zero-order valence-corrected chi connectivity index (χ0v) is 14.8. The van der Waals surface area contributed by atoms with Gasteiger partial charge in [0.25, 0.3) is 0 Å². The molecule has 7 heteroatoms. The van der Waals surface area contributed by atoms with E-state index in [1.54, 1.807) is 13.2 Å². The van der Waals surface area contributed by atoms with Crippen molar-refractivity contribution in [2.75, 3.05) is 20.8 Å². The van der Waals surface area contributed by atoms with Gasteiger partial charge in [-0.15, -0.1) is 0 Å². The quantitative estimate of drug-likeness (QED) is 0.758. The van der Waals surface area contributed by atoms with Gasteiger partial charge in [-0.05, 0) is 24.6 Å². The fraction of sp³-hybridized carbons (Fsp3) is 0.474. The molecule has 0 spiro atoms. The summed E-state index contributed by atoms with van der Waals surface area (Å²) < 4.78 is 27.4. The van der Waals surface area contributed by atoms with Crippen LogP contribution < -0.4 is 4.74 Å². The Kier molecular flexibility index (Phi) is 6.03. The molecule has 0 aromatic heterocycles. The van der Waals surface area contributed by atoms with E-state index in [2.05, 4.69) is 4.74 Å². The highest BCUT2D eigenvalue weighted by Gasteiger charge is 2.37. The van der Waals surface area contributed by atoms with Gasteiger partial charge in [0.2, 0.25) is 0 Å². The number of ketones is 1. The van der Waals surface area contributed by atoms with E-state index in [1.807, 2.05) is 24.3 Å². The molecule has 0 unspecified atom stereocenters. The first-order valence-electron chi connectivity index (χ1n) is 8.44. The van der Waals surface area contributed by atoms with Crippen LogP contribution in [0.3, 0.4) is 0 Å². The summed E-state index contributed by atoms with van der Waals surface area (Å²) in [6.45, 7) is 0.264. The van der Waals surface area contributed by atoms with Gasteiger partial charge in [-0.1, -0.05) is 18.2 Å². The first-order valence-corrected chi connectivity index (χ1v) is 8.44. The molecule has 2 aliphatic rings.